The van der Waals surface area contributed by atoms with Crippen molar-refractivity contribution in [3.05, 3.63) is 0 Å². The lowest BCUT2D eigenvalue weighted by Gasteiger charge is -2.26. The summed E-state index contributed by atoms with van der Waals surface area (Å²) in [6.07, 6.45) is 11.4. The quantitative estimate of drug-likeness (QED) is 0.487. The van der Waals surface area contributed by atoms with E-state index >= 15 is 0 Å². The molecule has 0 aromatic carbocycles. The largest absolute Gasteiger partial charge is 0.0625 e. The first-order valence-corrected chi connectivity index (χ1v) is 7.31. The third-order valence-corrected chi connectivity index (χ3v) is 4.58. The first kappa shape index (κ1) is 14.1. The summed E-state index contributed by atoms with van der Waals surface area (Å²) in [6, 6.07) is 0. The van der Waals surface area contributed by atoms with Gasteiger partial charge in [-0.05, 0) is 42.4 Å². The van der Waals surface area contributed by atoms with Gasteiger partial charge < -0.3 is 0 Å². The highest BCUT2D eigenvalue weighted by atomic mass is 14.3. The van der Waals surface area contributed by atoms with Gasteiger partial charge in [-0.25, -0.2) is 0 Å². The summed E-state index contributed by atoms with van der Waals surface area (Å²) in [4.78, 5) is 0. The highest BCUT2D eigenvalue weighted by molar-refractivity contribution is 4.76. The van der Waals surface area contributed by atoms with E-state index in [4.69, 9.17) is 0 Å². The molecule has 0 nitrogen and oxygen atoms in total. The van der Waals surface area contributed by atoms with Crippen LogP contribution in [0.2, 0.25) is 0 Å². The lowest BCUT2D eigenvalue weighted by Crippen LogP contribution is -2.13. The Morgan fingerprint density at radius 1 is 0.688 bits per heavy atom. The minimum atomic E-state index is 0.586. The number of hydrogen-bond donors (Lipinski definition) is 0. The Morgan fingerprint density at radius 3 is 1.44 bits per heavy atom. The van der Waals surface area contributed by atoms with Crippen molar-refractivity contribution in [3.8, 4) is 0 Å². The maximum atomic E-state index is 2.46. The number of rotatable bonds is 0. The molecule has 0 radical (unpaired) electrons. The molecule has 0 atom stereocenters. The predicted octanol–water partition coefficient (Wildman–Crippen LogP) is 5.81. The van der Waals surface area contributed by atoms with E-state index < -0.39 is 0 Å². The second kappa shape index (κ2) is 5.56. The van der Waals surface area contributed by atoms with Gasteiger partial charge in [0.05, 0.1) is 0 Å². The molecule has 0 unspecified atom stereocenters. The van der Waals surface area contributed by atoms with Crippen molar-refractivity contribution in [1.29, 1.82) is 0 Å². The van der Waals surface area contributed by atoms with Gasteiger partial charge in [0.1, 0.15) is 0 Å². The third-order valence-electron chi connectivity index (χ3n) is 4.58. The molecule has 0 bridgehead atoms. The Morgan fingerprint density at radius 2 is 1.06 bits per heavy atom. The molecule has 0 aromatic heterocycles. The van der Waals surface area contributed by atoms with Crippen LogP contribution in [0.5, 0.6) is 0 Å². The van der Waals surface area contributed by atoms with E-state index in [1.165, 1.54) is 51.4 Å². The van der Waals surface area contributed by atoms with E-state index in [0.717, 1.165) is 5.92 Å². The zero-order valence-corrected chi connectivity index (χ0v) is 12.2. The van der Waals surface area contributed by atoms with Crippen LogP contribution in [0, 0.1) is 16.7 Å². The molecule has 0 N–H and O–H groups in total. The van der Waals surface area contributed by atoms with Crippen LogP contribution in [0.3, 0.4) is 0 Å². The maximum Gasteiger partial charge on any atom is -0.0354 e. The highest BCUT2D eigenvalue weighted by Gasteiger charge is 2.23. The molecule has 0 heteroatoms. The van der Waals surface area contributed by atoms with Crippen LogP contribution in [0.15, 0.2) is 0 Å². The molecular formula is C16H32. The summed E-state index contributed by atoms with van der Waals surface area (Å²) >= 11 is 0. The van der Waals surface area contributed by atoms with Crippen molar-refractivity contribution in [3.63, 3.8) is 0 Å². The van der Waals surface area contributed by atoms with Crippen LogP contribution >= 0.6 is 0 Å². The molecule has 0 aliphatic heterocycles. The standard InChI is InChI=1S/C16H32/c1-14-8-12-15(2,3)10-6-7-11-16(4,5)13-9-14/h14H,6-13H2,1-5H3. The van der Waals surface area contributed by atoms with Crippen LogP contribution in [0.4, 0.5) is 0 Å². The summed E-state index contributed by atoms with van der Waals surface area (Å²) in [5, 5.41) is 0. The average molecular weight is 224 g/mol. The van der Waals surface area contributed by atoms with Crippen molar-refractivity contribution in [2.75, 3.05) is 0 Å². The van der Waals surface area contributed by atoms with Crippen LogP contribution < -0.4 is 0 Å². The summed E-state index contributed by atoms with van der Waals surface area (Å²) in [5.74, 6) is 0.927. The normalized spacial score (nSPS) is 28.3. The van der Waals surface area contributed by atoms with Gasteiger partial charge in [-0.2, -0.15) is 0 Å². The average Bonchev–Trinajstić information content (AvgIpc) is 2.20. The van der Waals surface area contributed by atoms with Gasteiger partial charge in [0.2, 0.25) is 0 Å². The first-order valence-electron chi connectivity index (χ1n) is 7.31. The van der Waals surface area contributed by atoms with E-state index in [0.29, 0.717) is 10.8 Å². The van der Waals surface area contributed by atoms with Crippen LogP contribution in [0.25, 0.3) is 0 Å². The highest BCUT2D eigenvalue weighted by Crippen LogP contribution is 2.37. The van der Waals surface area contributed by atoms with Gasteiger partial charge in [-0.15, -0.1) is 0 Å². The fourth-order valence-corrected chi connectivity index (χ4v) is 2.88. The minimum Gasteiger partial charge on any atom is -0.0625 e. The Hall–Kier alpha value is 0. The molecule has 0 saturated heterocycles. The zero-order chi connectivity index (χ0) is 12.2. The van der Waals surface area contributed by atoms with Gasteiger partial charge in [0, 0.05) is 0 Å². The van der Waals surface area contributed by atoms with E-state index in [1.807, 2.05) is 0 Å². The van der Waals surface area contributed by atoms with Crippen molar-refractivity contribution < 1.29 is 0 Å². The predicted molar refractivity (Wildman–Crippen MR) is 73.7 cm³/mol. The van der Waals surface area contributed by atoms with E-state index in [1.54, 1.807) is 0 Å². The van der Waals surface area contributed by atoms with Crippen LogP contribution in [-0.2, 0) is 0 Å². The molecule has 1 rings (SSSR count). The smallest absolute Gasteiger partial charge is 0.0354 e. The monoisotopic (exact) mass is 224 g/mol. The van der Waals surface area contributed by atoms with Gasteiger partial charge in [0.25, 0.3) is 0 Å². The summed E-state index contributed by atoms with van der Waals surface area (Å²) in [7, 11) is 0. The SMILES string of the molecule is CC1CCC(C)(C)CCCCC(C)(C)CC1. The topological polar surface area (TPSA) is 0 Å². The van der Waals surface area contributed by atoms with Gasteiger partial charge in [-0.1, -0.05) is 60.3 Å². The molecule has 0 heterocycles. The van der Waals surface area contributed by atoms with Gasteiger partial charge >= 0.3 is 0 Å². The van der Waals surface area contributed by atoms with E-state index in [2.05, 4.69) is 34.6 Å². The van der Waals surface area contributed by atoms with E-state index in [9.17, 15) is 0 Å². The Labute approximate surface area is 103 Å². The second-order valence-electron chi connectivity index (χ2n) is 7.72. The van der Waals surface area contributed by atoms with Crippen molar-refractivity contribution in [1.82, 2.24) is 0 Å². The second-order valence-corrected chi connectivity index (χ2v) is 7.72. The summed E-state index contributed by atoms with van der Waals surface area (Å²) in [6.45, 7) is 12.3. The third kappa shape index (κ3) is 5.37. The lowest BCUT2D eigenvalue weighted by atomic mass is 9.80. The molecule has 16 heavy (non-hydrogen) atoms. The minimum absolute atomic E-state index is 0.586. The lowest BCUT2D eigenvalue weighted by molar-refractivity contribution is 0.264. The molecular weight excluding hydrogens is 192 g/mol. The zero-order valence-electron chi connectivity index (χ0n) is 12.2. The molecule has 1 aliphatic rings. The molecule has 1 aliphatic carbocycles. The van der Waals surface area contributed by atoms with Crippen LogP contribution in [0.1, 0.15) is 86.0 Å². The van der Waals surface area contributed by atoms with Gasteiger partial charge in [0.15, 0.2) is 0 Å². The fourth-order valence-electron chi connectivity index (χ4n) is 2.88. The Balaban J connectivity index is 2.55. The van der Waals surface area contributed by atoms with Crippen molar-refractivity contribution >= 4 is 0 Å². The molecule has 0 aromatic rings. The molecule has 96 valence electrons. The Kier molecular flexibility index (Phi) is 4.88. The molecule has 1 saturated carbocycles. The van der Waals surface area contributed by atoms with Crippen LogP contribution in [-0.4, -0.2) is 0 Å². The summed E-state index contributed by atoms with van der Waals surface area (Å²) in [5.41, 5.74) is 1.17. The van der Waals surface area contributed by atoms with Gasteiger partial charge in [-0.3, -0.25) is 0 Å². The first-order chi connectivity index (χ1) is 7.31. The summed E-state index contributed by atoms with van der Waals surface area (Å²) < 4.78 is 0. The molecule has 0 spiro atoms. The molecule has 0 amide bonds. The number of hydrogen-bond acceptors (Lipinski definition) is 0. The van der Waals surface area contributed by atoms with E-state index in [-0.39, 0.29) is 0 Å². The maximum absolute atomic E-state index is 2.46. The van der Waals surface area contributed by atoms with Crippen molar-refractivity contribution in [2.24, 2.45) is 16.7 Å². The fraction of sp³-hybridized carbons (Fsp3) is 1.00. The molecule has 1 fully saturated rings. The Bertz CT molecular complexity index is 178. The van der Waals surface area contributed by atoms with Crippen molar-refractivity contribution in [2.45, 2.75) is 86.0 Å².